The lowest BCUT2D eigenvalue weighted by atomic mass is 10.1. The van der Waals surface area contributed by atoms with Crippen molar-refractivity contribution in [1.82, 2.24) is 5.32 Å². The van der Waals surface area contributed by atoms with Crippen LogP contribution in [0.4, 0.5) is 11.4 Å². The molecule has 4 rings (SSSR count). The number of amides is 3. The molecule has 0 aromatic heterocycles. The highest BCUT2D eigenvalue weighted by Gasteiger charge is 2.19. The zero-order valence-electron chi connectivity index (χ0n) is 22.1. The van der Waals surface area contributed by atoms with E-state index < -0.39 is 11.8 Å². The normalized spacial score (nSPS) is 11.8. The van der Waals surface area contributed by atoms with Gasteiger partial charge in [0.15, 0.2) is 0 Å². The molecule has 208 valence electrons. The maximum absolute atomic E-state index is 13.4. The molecule has 0 spiro atoms. The second-order valence-corrected chi connectivity index (χ2v) is 11.0. The summed E-state index contributed by atoms with van der Waals surface area (Å²) in [7, 11) is 0. The van der Waals surface area contributed by atoms with Crippen molar-refractivity contribution in [3.05, 3.63) is 130 Å². The fourth-order valence-corrected chi connectivity index (χ4v) is 5.27. The highest BCUT2D eigenvalue weighted by Crippen LogP contribution is 2.29. The number of thioether (sulfide) groups is 1. The fraction of sp³-hybridized carbons (Fsp3) is 0.0938. The first kappa shape index (κ1) is 29.9. The van der Waals surface area contributed by atoms with E-state index in [2.05, 4.69) is 16.0 Å². The van der Waals surface area contributed by atoms with Gasteiger partial charge in [0.1, 0.15) is 5.70 Å². The molecule has 0 radical (unpaired) electrons. The molecule has 3 N–H and O–H groups in total. The van der Waals surface area contributed by atoms with Crippen molar-refractivity contribution in [3.63, 3.8) is 0 Å². The van der Waals surface area contributed by atoms with Crippen LogP contribution in [0.5, 0.6) is 0 Å². The summed E-state index contributed by atoms with van der Waals surface area (Å²) in [4.78, 5) is 40.0. The number of hydrogen-bond donors (Lipinski definition) is 3. The summed E-state index contributed by atoms with van der Waals surface area (Å²) in [6.07, 6.45) is 2.11. The number of carbonyl (C=O) groups excluding carboxylic acids is 3. The Labute approximate surface area is 253 Å². The molecule has 0 fully saturated rings. The van der Waals surface area contributed by atoms with E-state index in [-0.39, 0.29) is 16.9 Å². The van der Waals surface area contributed by atoms with Gasteiger partial charge in [-0.15, -0.1) is 11.8 Å². The van der Waals surface area contributed by atoms with E-state index in [9.17, 15) is 14.4 Å². The first-order valence-corrected chi connectivity index (χ1v) is 14.4. The molecule has 6 nitrogen and oxygen atoms in total. The molecular weight excluding hydrogens is 577 g/mol. The number of nitrogens with one attached hydrogen (secondary N) is 3. The van der Waals surface area contributed by atoms with Crippen molar-refractivity contribution in [2.75, 3.05) is 10.6 Å². The fourth-order valence-electron chi connectivity index (χ4n) is 3.79. The molecule has 0 saturated carbocycles. The minimum Gasteiger partial charge on any atom is -0.325 e. The molecule has 0 saturated heterocycles. The molecule has 0 aliphatic heterocycles. The number of halogens is 2. The molecule has 1 unspecified atom stereocenters. The van der Waals surface area contributed by atoms with Crippen molar-refractivity contribution < 1.29 is 14.4 Å². The van der Waals surface area contributed by atoms with Gasteiger partial charge in [-0.25, -0.2) is 0 Å². The van der Waals surface area contributed by atoms with Gasteiger partial charge in [-0.05, 0) is 72.7 Å². The summed E-state index contributed by atoms with van der Waals surface area (Å²) in [5.41, 5.74) is 2.13. The molecule has 3 amide bonds. The average molecular weight is 605 g/mol. The lowest BCUT2D eigenvalue weighted by Gasteiger charge is -2.16. The summed E-state index contributed by atoms with van der Waals surface area (Å²) in [5, 5.41) is 8.92. The van der Waals surface area contributed by atoms with E-state index in [1.165, 1.54) is 17.8 Å². The number of benzene rings is 4. The van der Waals surface area contributed by atoms with Crippen LogP contribution in [0.15, 0.2) is 114 Å². The Morgan fingerprint density at radius 1 is 0.805 bits per heavy atom. The monoisotopic (exact) mass is 603 g/mol. The SMILES string of the molecule is CCC(Sc1cccc(NC(=O)/C(=C\c2ccc(Cl)cc2Cl)NC(=O)c2ccccc2)c1)C(=O)Nc1ccccc1. The van der Waals surface area contributed by atoms with E-state index in [4.69, 9.17) is 23.2 Å². The van der Waals surface area contributed by atoms with Crippen LogP contribution in [-0.2, 0) is 9.59 Å². The van der Waals surface area contributed by atoms with Gasteiger partial charge in [0.25, 0.3) is 11.8 Å². The molecule has 0 aliphatic rings. The quantitative estimate of drug-likeness (QED) is 0.127. The Morgan fingerprint density at radius 3 is 2.17 bits per heavy atom. The molecule has 4 aromatic carbocycles. The topological polar surface area (TPSA) is 87.3 Å². The molecule has 9 heteroatoms. The maximum Gasteiger partial charge on any atom is 0.272 e. The smallest absolute Gasteiger partial charge is 0.272 e. The second kappa shape index (κ2) is 14.6. The van der Waals surface area contributed by atoms with Crippen molar-refractivity contribution in [1.29, 1.82) is 0 Å². The molecule has 41 heavy (non-hydrogen) atoms. The van der Waals surface area contributed by atoms with Gasteiger partial charge >= 0.3 is 0 Å². The van der Waals surface area contributed by atoms with E-state index in [1.54, 1.807) is 66.7 Å². The third-order valence-electron chi connectivity index (χ3n) is 5.87. The first-order valence-electron chi connectivity index (χ1n) is 12.8. The zero-order chi connectivity index (χ0) is 29.2. The lowest BCUT2D eigenvalue weighted by molar-refractivity contribution is -0.116. The van der Waals surface area contributed by atoms with E-state index in [1.807, 2.05) is 43.3 Å². The zero-order valence-corrected chi connectivity index (χ0v) is 24.4. The average Bonchev–Trinajstić information content (AvgIpc) is 2.97. The summed E-state index contributed by atoms with van der Waals surface area (Å²) in [6, 6.07) is 29.9. The first-order chi connectivity index (χ1) is 19.8. The molecular formula is C32H27Cl2N3O3S. The standard InChI is InChI=1S/C32H27Cl2N3O3S/c1-2-29(32(40)35-24-12-7-4-8-13-24)41-26-15-9-14-25(20-26)36-31(39)28(18-22-16-17-23(33)19-27(22)34)37-30(38)21-10-5-3-6-11-21/h3-20,29H,2H2,1H3,(H,35,40)(H,36,39)(H,37,38)/b28-18+. The van der Waals surface area contributed by atoms with Gasteiger partial charge in [0.2, 0.25) is 5.91 Å². The van der Waals surface area contributed by atoms with Crippen LogP contribution in [0.2, 0.25) is 10.0 Å². The van der Waals surface area contributed by atoms with Crippen molar-refractivity contribution >= 4 is 70.1 Å². The Kier molecular flexibility index (Phi) is 10.6. The predicted molar refractivity (Wildman–Crippen MR) is 168 cm³/mol. The van der Waals surface area contributed by atoms with Crippen molar-refractivity contribution in [2.45, 2.75) is 23.5 Å². The van der Waals surface area contributed by atoms with Crippen LogP contribution in [0.3, 0.4) is 0 Å². The van der Waals surface area contributed by atoms with Gasteiger partial charge < -0.3 is 16.0 Å². The summed E-state index contributed by atoms with van der Waals surface area (Å²) in [5.74, 6) is -1.10. The van der Waals surface area contributed by atoms with Crippen LogP contribution < -0.4 is 16.0 Å². The van der Waals surface area contributed by atoms with Gasteiger partial charge in [0, 0.05) is 31.9 Å². The molecule has 0 bridgehead atoms. The third kappa shape index (κ3) is 8.72. The number of anilines is 2. The molecule has 1 atom stereocenters. The van der Waals surface area contributed by atoms with E-state index >= 15 is 0 Å². The van der Waals surface area contributed by atoms with Gasteiger partial charge in [-0.3, -0.25) is 14.4 Å². The number of carbonyl (C=O) groups is 3. The lowest BCUT2D eigenvalue weighted by Crippen LogP contribution is -2.30. The Bertz CT molecular complexity index is 1560. The van der Waals surface area contributed by atoms with E-state index in [0.29, 0.717) is 33.3 Å². The third-order valence-corrected chi connectivity index (χ3v) is 7.79. The summed E-state index contributed by atoms with van der Waals surface area (Å²) < 4.78 is 0. The Balaban J connectivity index is 1.52. The number of hydrogen-bond acceptors (Lipinski definition) is 4. The number of rotatable bonds is 10. The second-order valence-electron chi connectivity index (χ2n) is 8.90. The Hall–Kier alpha value is -4.04. The van der Waals surface area contributed by atoms with Crippen LogP contribution in [-0.4, -0.2) is 23.0 Å². The minimum absolute atomic E-state index is 0.00481. The Morgan fingerprint density at radius 2 is 1.49 bits per heavy atom. The summed E-state index contributed by atoms with van der Waals surface area (Å²) in [6.45, 7) is 1.95. The van der Waals surface area contributed by atoms with Gasteiger partial charge in [0.05, 0.1) is 5.25 Å². The highest BCUT2D eigenvalue weighted by molar-refractivity contribution is 8.00. The van der Waals surface area contributed by atoms with Gasteiger partial charge in [-0.1, -0.05) is 78.7 Å². The van der Waals surface area contributed by atoms with Crippen molar-refractivity contribution in [2.24, 2.45) is 0 Å². The van der Waals surface area contributed by atoms with Crippen LogP contribution in [0.25, 0.3) is 6.08 Å². The predicted octanol–water partition coefficient (Wildman–Crippen LogP) is 7.91. The largest absolute Gasteiger partial charge is 0.325 e. The van der Waals surface area contributed by atoms with Crippen LogP contribution >= 0.6 is 35.0 Å². The molecule has 4 aromatic rings. The van der Waals surface area contributed by atoms with Gasteiger partial charge in [-0.2, -0.15) is 0 Å². The van der Waals surface area contributed by atoms with Crippen LogP contribution in [0, 0.1) is 0 Å². The van der Waals surface area contributed by atoms with Crippen molar-refractivity contribution in [3.8, 4) is 0 Å². The molecule has 0 heterocycles. The number of para-hydroxylation sites is 1. The molecule has 0 aliphatic carbocycles. The minimum atomic E-state index is -0.545. The maximum atomic E-state index is 13.4. The van der Waals surface area contributed by atoms with Crippen LogP contribution in [0.1, 0.15) is 29.3 Å². The van der Waals surface area contributed by atoms with E-state index in [0.717, 1.165) is 10.6 Å². The highest BCUT2D eigenvalue weighted by atomic mass is 35.5. The summed E-state index contributed by atoms with van der Waals surface area (Å²) >= 11 is 13.8.